The lowest BCUT2D eigenvalue weighted by Gasteiger charge is -2.37. The number of rotatable bonds is 3. The van der Waals surface area contributed by atoms with Crippen LogP contribution in [0.1, 0.15) is 40.0 Å². The molecule has 0 aromatic carbocycles. The summed E-state index contributed by atoms with van der Waals surface area (Å²) < 4.78 is 0. The van der Waals surface area contributed by atoms with E-state index in [2.05, 4.69) is 31.4 Å². The highest BCUT2D eigenvalue weighted by atomic mass is 35.5. The van der Waals surface area contributed by atoms with E-state index < -0.39 is 0 Å². The van der Waals surface area contributed by atoms with E-state index in [1.807, 2.05) is 0 Å². The maximum atomic E-state index is 12.2. The molecule has 1 aliphatic heterocycles. The van der Waals surface area contributed by atoms with Crippen molar-refractivity contribution in [2.24, 2.45) is 23.7 Å². The van der Waals surface area contributed by atoms with Gasteiger partial charge in [-0.25, -0.2) is 0 Å². The highest BCUT2D eigenvalue weighted by molar-refractivity contribution is 5.85. The van der Waals surface area contributed by atoms with Crippen molar-refractivity contribution >= 4 is 18.3 Å². The summed E-state index contributed by atoms with van der Waals surface area (Å²) in [6.07, 6.45) is 3.73. The van der Waals surface area contributed by atoms with E-state index in [-0.39, 0.29) is 24.2 Å². The summed E-state index contributed by atoms with van der Waals surface area (Å²) >= 11 is 0. The zero-order valence-corrected chi connectivity index (χ0v) is 12.6. The van der Waals surface area contributed by atoms with Gasteiger partial charge in [-0.3, -0.25) is 4.79 Å². The zero-order chi connectivity index (χ0) is 12.4. The predicted molar refractivity (Wildman–Crippen MR) is 76.9 cm³/mol. The van der Waals surface area contributed by atoms with Crippen LogP contribution in [0, 0.1) is 23.7 Å². The van der Waals surface area contributed by atoms with E-state index in [1.165, 1.54) is 12.8 Å². The Morgan fingerprint density at radius 2 is 1.94 bits per heavy atom. The minimum absolute atomic E-state index is 0. The topological polar surface area (TPSA) is 41.1 Å². The average Bonchev–Trinajstić information content (AvgIpc) is 2.22. The third-order valence-corrected chi connectivity index (χ3v) is 4.97. The molecule has 4 atom stereocenters. The average molecular weight is 275 g/mol. The van der Waals surface area contributed by atoms with Crippen LogP contribution in [0.2, 0.25) is 0 Å². The first kappa shape index (κ1) is 15.8. The van der Waals surface area contributed by atoms with Gasteiger partial charge in [0.25, 0.3) is 0 Å². The standard InChI is InChI=1S/C14H26N2O.ClH/c1-9-5-4-6-13(10(9)2)16-14(17)11(3)12-7-15-8-12;/h9-13,15H,4-8H2,1-3H3,(H,16,17);1H. The van der Waals surface area contributed by atoms with Crippen molar-refractivity contribution in [3.05, 3.63) is 0 Å². The van der Waals surface area contributed by atoms with Crippen LogP contribution < -0.4 is 10.6 Å². The summed E-state index contributed by atoms with van der Waals surface area (Å²) in [7, 11) is 0. The van der Waals surface area contributed by atoms with Gasteiger partial charge in [0.05, 0.1) is 0 Å². The molecule has 0 spiro atoms. The summed E-state index contributed by atoms with van der Waals surface area (Å²) in [5.41, 5.74) is 0. The van der Waals surface area contributed by atoms with Crippen LogP contribution in [-0.4, -0.2) is 25.0 Å². The first-order valence-electron chi connectivity index (χ1n) is 7.10. The van der Waals surface area contributed by atoms with Crippen LogP contribution in [0.25, 0.3) is 0 Å². The van der Waals surface area contributed by atoms with Crippen molar-refractivity contribution in [1.29, 1.82) is 0 Å². The molecule has 1 saturated heterocycles. The number of nitrogens with one attached hydrogen (secondary N) is 2. The molecule has 18 heavy (non-hydrogen) atoms. The van der Waals surface area contributed by atoms with Gasteiger partial charge in [0, 0.05) is 12.0 Å². The monoisotopic (exact) mass is 274 g/mol. The lowest BCUT2D eigenvalue weighted by atomic mass is 9.77. The Bertz CT molecular complexity index is 281. The van der Waals surface area contributed by atoms with Crippen molar-refractivity contribution in [3.8, 4) is 0 Å². The predicted octanol–water partition coefficient (Wildman–Crippen LogP) is 2.20. The summed E-state index contributed by atoms with van der Waals surface area (Å²) in [6.45, 7) is 8.67. The Kier molecular flexibility index (Phi) is 5.93. The van der Waals surface area contributed by atoms with Crippen LogP contribution in [0.3, 0.4) is 0 Å². The summed E-state index contributed by atoms with van der Waals surface area (Å²) in [5.74, 6) is 2.35. The molecule has 2 rings (SSSR count). The molecule has 1 heterocycles. The zero-order valence-electron chi connectivity index (χ0n) is 11.7. The van der Waals surface area contributed by atoms with E-state index in [9.17, 15) is 4.79 Å². The molecule has 0 aromatic rings. The summed E-state index contributed by atoms with van der Waals surface area (Å²) in [5, 5.41) is 6.52. The molecule has 2 fully saturated rings. The maximum Gasteiger partial charge on any atom is 0.223 e. The van der Waals surface area contributed by atoms with Crippen molar-refractivity contribution in [2.45, 2.75) is 46.1 Å². The van der Waals surface area contributed by atoms with Crippen molar-refractivity contribution in [1.82, 2.24) is 10.6 Å². The van der Waals surface area contributed by atoms with E-state index in [0.717, 1.165) is 25.4 Å². The molecule has 0 bridgehead atoms. The van der Waals surface area contributed by atoms with Gasteiger partial charge in [-0.15, -0.1) is 12.4 Å². The van der Waals surface area contributed by atoms with Gasteiger partial charge >= 0.3 is 0 Å². The number of amides is 1. The van der Waals surface area contributed by atoms with E-state index in [4.69, 9.17) is 0 Å². The fourth-order valence-corrected chi connectivity index (χ4v) is 2.98. The molecule has 4 unspecified atom stereocenters. The van der Waals surface area contributed by atoms with Gasteiger partial charge in [-0.1, -0.05) is 33.6 Å². The normalized spacial score (nSPS) is 34.1. The fraction of sp³-hybridized carbons (Fsp3) is 0.929. The Morgan fingerprint density at radius 3 is 2.50 bits per heavy atom. The fourth-order valence-electron chi connectivity index (χ4n) is 2.98. The van der Waals surface area contributed by atoms with Gasteiger partial charge in [0.2, 0.25) is 5.91 Å². The molecule has 2 N–H and O–H groups in total. The summed E-state index contributed by atoms with van der Waals surface area (Å²) in [4.78, 5) is 12.2. The quantitative estimate of drug-likeness (QED) is 0.828. The Balaban J connectivity index is 0.00000162. The second-order valence-electron chi connectivity index (χ2n) is 6.09. The second kappa shape index (κ2) is 6.76. The maximum absolute atomic E-state index is 12.2. The first-order chi connectivity index (χ1) is 8.09. The van der Waals surface area contributed by atoms with E-state index in [1.54, 1.807) is 0 Å². The number of carbonyl (C=O) groups is 1. The van der Waals surface area contributed by atoms with Gasteiger partial charge in [0.15, 0.2) is 0 Å². The molecule has 4 heteroatoms. The summed E-state index contributed by atoms with van der Waals surface area (Å²) in [6, 6.07) is 0.404. The molecular formula is C14H27ClN2O. The smallest absolute Gasteiger partial charge is 0.223 e. The number of halogens is 1. The van der Waals surface area contributed by atoms with Gasteiger partial charge in [-0.2, -0.15) is 0 Å². The molecule has 1 aliphatic carbocycles. The minimum atomic E-state index is 0. The van der Waals surface area contributed by atoms with Gasteiger partial charge in [-0.05, 0) is 37.3 Å². The largest absolute Gasteiger partial charge is 0.353 e. The van der Waals surface area contributed by atoms with Crippen LogP contribution in [-0.2, 0) is 4.79 Å². The third kappa shape index (κ3) is 3.39. The third-order valence-electron chi connectivity index (χ3n) is 4.97. The first-order valence-corrected chi connectivity index (χ1v) is 7.10. The molecule has 2 aliphatic rings. The number of carbonyl (C=O) groups excluding carboxylic acids is 1. The lowest BCUT2D eigenvalue weighted by Crippen LogP contribution is -2.52. The highest BCUT2D eigenvalue weighted by Gasteiger charge is 2.33. The van der Waals surface area contributed by atoms with E-state index >= 15 is 0 Å². The van der Waals surface area contributed by atoms with Crippen LogP contribution >= 0.6 is 12.4 Å². The highest BCUT2D eigenvalue weighted by Crippen LogP contribution is 2.30. The number of hydrogen-bond acceptors (Lipinski definition) is 2. The Labute approximate surface area is 117 Å². The molecular weight excluding hydrogens is 248 g/mol. The molecule has 0 radical (unpaired) electrons. The molecule has 1 saturated carbocycles. The molecule has 3 nitrogen and oxygen atoms in total. The van der Waals surface area contributed by atoms with Crippen LogP contribution in [0.4, 0.5) is 0 Å². The van der Waals surface area contributed by atoms with E-state index in [0.29, 0.717) is 17.9 Å². The SMILES string of the molecule is CC1CCCC(NC(=O)C(C)C2CNC2)C1C.Cl. The van der Waals surface area contributed by atoms with Crippen molar-refractivity contribution < 1.29 is 4.79 Å². The van der Waals surface area contributed by atoms with Crippen molar-refractivity contribution in [2.75, 3.05) is 13.1 Å². The van der Waals surface area contributed by atoms with Gasteiger partial charge < -0.3 is 10.6 Å². The molecule has 0 aromatic heterocycles. The van der Waals surface area contributed by atoms with Gasteiger partial charge in [0.1, 0.15) is 0 Å². The Hall–Kier alpha value is -0.280. The minimum Gasteiger partial charge on any atom is -0.353 e. The number of hydrogen-bond donors (Lipinski definition) is 2. The van der Waals surface area contributed by atoms with Crippen LogP contribution in [0.15, 0.2) is 0 Å². The lowest BCUT2D eigenvalue weighted by molar-refractivity contribution is -0.128. The van der Waals surface area contributed by atoms with Crippen LogP contribution in [0.5, 0.6) is 0 Å². The molecule has 106 valence electrons. The Morgan fingerprint density at radius 1 is 1.28 bits per heavy atom. The molecule has 1 amide bonds. The van der Waals surface area contributed by atoms with Crippen molar-refractivity contribution in [3.63, 3.8) is 0 Å². The second-order valence-corrected chi connectivity index (χ2v) is 6.09.